The van der Waals surface area contributed by atoms with Gasteiger partial charge in [-0.1, -0.05) is 23.8 Å². The van der Waals surface area contributed by atoms with Crippen LogP contribution in [0.15, 0.2) is 12.1 Å². The molecule has 1 N–H and O–H groups in total. The molecule has 24 heavy (non-hydrogen) atoms. The number of anilines is 1. The van der Waals surface area contributed by atoms with Crippen LogP contribution in [0.4, 0.5) is 5.13 Å². The number of hydrogen-bond donors (Lipinski definition) is 1. The van der Waals surface area contributed by atoms with E-state index in [0.717, 1.165) is 40.4 Å². The average Bonchev–Trinajstić information content (AvgIpc) is 2.89. The average molecular weight is 367 g/mol. The van der Waals surface area contributed by atoms with Crippen LogP contribution in [-0.4, -0.2) is 42.5 Å². The fraction of sp³-hybridized carbons (Fsp3) is 0.500. The van der Waals surface area contributed by atoms with E-state index in [2.05, 4.69) is 16.4 Å². The molecule has 0 bridgehead atoms. The second-order valence-electron chi connectivity index (χ2n) is 6.32. The molecule has 0 spiro atoms. The van der Waals surface area contributed by atoms with Gasteiger partial charge in [0, 0.05) is 6.54 Å². The Bertz CT molecular complexity index is 889. The van der Waals surface area contributed by atoms with Gasteiger partial charge in [-0.25, -0.2) is 13.4 Å². The third-order valence-corrected chi connectivity index (χ3v) is 6.64. The first kappa shape index (κ1) is 17.3. The first-order valence-electron chi connectivity index (χ1n) is 7.91. The number of thiazole rings is 1. The lowest BCUT2D eigenvalue weighted by molar-refractivity contribution is -0.120. The van der Waals surface area contributed by atoms with Gasteiger partial charge in [-0.2, -0.15) is 4.31 Å². The lowest BCUT2D eigenvalue weighted by Gasteiger charge is -2.32. The largest absolute Gasteiger partial charge is 0.301 e. The molecule has 8 heteroatoms. The quantitative estimate of drug-likeness (QED) is 0.904. The van der Waals surface area contributed by atoms with Gasteiger partial charge in [0.15, 0.2) is 5.13 Å². The minimum atomic E-state index is -3.39. The number of hydrogen-bond acceptors (Lipinski definition) is 5. The van der Waals surface area contributed by atoms with E-state index >= 15 is 0 Å². The Labute approximate surface area is 145 Å². The van der Waals surface area contributed by atoms with Gasteiger partial charge in [-0.05, 0) is 43.9 Å². The number of carbonyl (C=O) groups excluding carboxylic acids is 1. The Kier molecular flexibility index (Phi) is 4.63. The summed E-state index contributed by atoms with van der Waals surface area (Å²) in [7, 11) is -3.39. The maximum absolute atomic E-state index is 12.6. The first-order valence-corrected chi connectivity index (χ1v) is 10.6. The molecule has 1 aliphatic heterocycles. The predicted octanol–water partition coefficient (Wildman–Crippen LogP) is 2.67. The van der Waals surface area contributed by atoms with E-state index in [1.165, 1.54) is 15.6 Å². The molecular weight excluding hydrogens is 346 g/mol. The van der Waals surface area contributed by atoms with Gasteiger partial charge in [0.05, 0.1) is 16.5 Å². The highest BCUT2D eigenvalue weighted by molar-refractivity contribution is 7.88. The van der Waals surface area contributed by atoms with Crippen molar-refractivity contribution < 1.29 is 13.2 Å². The standard InChI is InChI=1S/C16H21N3O3S2/c1-10-8-11(2)14-12(9-10)17-16(23-14)18-15(20)13-6-4-5-7-19(13)24(3,21)22/h8-9,13H,4-7H2,1-3H3,(H,17,18,20)/t13-/m1/s1. The van der Waals surface area contributed by atoms with Crippen molar-refractivity contribution in [3.05, 3.63) is 23.3 Å². The van der Waals surface area contributed by atoms with E-state index < -0.39 is 16.1 Å². The molecule has 1 amide bonds. The van der Waals surface area contributed by atoms with Crippen LogP contribution in [0.3, 0.4) is 0 Å². The Balaban J connectivity index is 1.85. The lowest BCUT2D eigenvalue weighted by atomic mass is 10.0. The SMILES string of the molecule is Cc1cc(C)c2sc(NC(=O)[C@H]3CCCCN3S(C)(=O)=O)nc2c1. The molecule has 1 atom stereocenters. The first-order chi connectivity index (χ1) is 11.3. The van der Waals surface area contributed by atoms with E-state index in [0.29, 0.717) is 18.1 Å². The van der Waals surface area contributed by atoms with Gasteiger partial charge >= 0.3 is 0 Å². The van der Waals surface area contributed by atoms with Gasteiger partial charge < -0.3 is 5.32 Å². The van der Waals surface area contributed by atoms with Crippen molar-refractivity contribution in [2.45, 2.75) is 39.2 Å². The zero-order chi connectivity index (χ0) is 17.5. The Morgan fingerprint density at radius 1 is 1.33 bits per heavy atom. The molecule has 0 saturated carbocycles. The number of carbonyl (C=O) groups is 1. The lowest BCUT2D eigenvalue weighted by Crippen LogP contribution is -2.49. The number of nitrogens with one attached hydrogen (secondary N) is 1. The third-order valence-electron chi connectivity index (χ3n) is 4.23. The molecule has 1 aliphatic rings. The van der Waals surface area contributed by atoms with Crippen LogP contribution >= 0.6 is 11.3 Å². The van der Waals surface area contributed by atoms with E-state index in [1.54, 1.807) is 0 Å². The summed E-state index contributed by atoms with van der Waals surface area (Å²) in [5.41, 5.74) is 3.11. The van der Waals surface area contributed by atoms with Crippen LogP contribution in [0.25, 0.3) is 10.2 Å². The molecule has 2 heterocycles. The van der Waals surface area contributed by atoms with E-state index in [9.17, 15) is 13.2 Å². The number of fused-ring (bicyclic) bond motifs is 1. The Morgan fingerprint density at radius 2 is 2.08 bits per heavy atom. The van der Waals surface area contributed by atoms with Gasteiger partial charge in [-0.3, -0.25) is 4.79 Å². The zero-order valence-corrected chi connectivity index (χ0v) is 15.6. The third kappa shape index (κ3) is 3.45. The maximum Gasteiger partial charge on any atom is 0.244 e. The number of sulfonamides is 1. The molecule has 2 aromatic rings. The van der Waals surface area contributed by atoms with Gasteiger partial charge in [0.2, 0.25) is 15.9 Å². The van der Waals surface area contributed by atoms with Gasteiger partial charge in [0.1, 0.15) is 6.04 Å². The number of aryl methyl sites for hydroxylation is 2. The van der Waals surface area contributed by atoms with Crippen molar-refractivity contribution in [2.24, 2.45) is 0 Å². The number of piperidine rings is 1. The number of benzene rings is 1. The van der Waals surface area contributed by atoms with Crippen LogP contribution in [0.2, 0.25) is 0 Å². The molecule has 6 nitrogen and oxygen atoms in total. The molecule has 0 radical (unpaired) electrons. The fourth-order valence-corrected chi connectivity index (χ4v) is 5.22. The highest BCUT2D eigenvalue weighted by Crippen LogP contribution is 2.30. The van der Waals surface area contributed by atoms with Gasteiger partial charge in [0.25, 0.3) is 0 Å². The maximum atomic E-state index is 12.6. The second kappa shape index (κ2) is 6.42. The highest BCUT2D eigenvalue weighted by atomic mass is 32.2. The molecule has 0 aliphatic carbocycles. The molecule has 130 valence electrons. The number of aromatic nitrogens is 1. The Morgan fingerprint density at radius 3 is 2.79 bits per heavy atom. The second-order valence-corrected chi connectivity index (χ2v) is 9.26. The molecule has 1 fully saturated rings. The molecular formula is C16H21N3O3S2. The van der Waals surface area contributed by atoms with Crippen molar-refractivity contribution in [1.29, 1.82) is 0 Å². The van der Waals surface area contributed by atoms with Crippen LogP contribution in [0.5, 0.6) is 0 Å². The van der Waals surface area contributed by atoms with Crippen molar-refractivity contribution >= 4 is 42.6 Å². The van der Waals surface area contributed by atoms with Crippen LogP contribution < -0.4 is 5.32 Å². The topological polar surface area (TPSA) is 79.4 Å². The Hall–Kier alpha value is -1.51. The summed E-state index contributed by atoms with van der Waals surface area (Å²) < 4.78 is 26.2. The van der Waals surface area contributed by atoms with Crippen LogP contribution in [0, 0.1) is 13.8 Å². The van der Waals surface area contributed by atoms with Gasteiger partial charge in [-0.15, -0.1) is 0 Å². The van der Waals surface area contributed by atoms with E-state index in [-0.39, 0.29) is 5.91 Å². The van der Waals surface area contributed by atoms with Crippen LogP contribution in [0.1, 0.15) is 30.4 Å². The molecule has 1 aromatic heterocycles. The van der Waals surface area contributed by atoms with Crippen molar-refractivity contribution in [2.75, 3.05) is 18.1 Å². The molecule has 1 saturated heterocycles. The molecule has 0 unspecified atom stereocenters. The van der Waals surface area contributed by atoms with E-state index in [4.69, 9.17) is 0 Å². The predicted molar refractivity (Wildman–Crippen MR) is 96.9 cm³/mol. The highest BCUT2D eigenvalue weighted by Gasteiger charge is 2.34. The summed E-state index contributed by atoms with van der Waals surface area (Å²) in [6.45, 7) is 4.43. The minimum Gasteiger partial charge on any atom is -0.301 e. The fourth-order valence-electron chi connectivity index (χ4n) is 3.18. The summed E-state index contributed by atoms with van der Waals surface area (Å²) in [6.07, 6.45) is 3.34. The van der Waals surface area contributed by atoms with Crippen molar-refractivity contribution in [3.8, 4) is 0 Å². The molecule has 1 aromatic carbocycles. The summed E-state index contributed by atoms with van der Waals surface area (Å²) in [5.74, 6) is -0.298. The normalized spacial score (nSPS) is 19.5. The minimum absolute atomic E-state index is 0.298. The zero-order valence-electron chi connectivity index (χ0n) is 14.0. The summed E-state index contributed by atoms with van der Waals surface area (Å²) in [5, 5.41) is 3.33. The summed E-state index contributed by atoms with van der Waals surface area (Å²) >= 11 is 1.42. The summed E-state index contributed by atoms with van der Waals surface area (Å²) in [4.78, 5) is 17.1. The smallest absolute Gasteiger partial charge is 0.244 e. The monoisotopic (exact) mass is 367 g/mol. The number of nitrogens with zero attached hydrogens (tertiary/aromatic N) is 2. The molecule has 3 rings (SSSR count). The van der Waals surface area contributed by atoms with Crippen LogP contribution in [-0.2, 0) is 14.8 Å². The van der Waals surface area contributed by atoms with E-state index in [1.807, 2.05) is 19.9 Å². The number of amides is 1. The van der Waals surface area contributed by atoms with Crippen molar-refractivity contribution in [3.63, 3.8) is 0 Å². The van der Waals surface area contributed by atoms with Crippen molar-refractivity contribution in [1.82, 2.24) is 9.29 Å². The summed E-state index contributed by atoms with van der Waals surface area (Å²) in [6, 6.07) is 3.42. The number of rotatable bonds is 3.